The number of rotatable bonds is 6. The van der Waals surface area contributed by atoms with Gasteiger partial charge in [-0.25, -0.2) is 4.98 Å². The van der Waals surface area contributed by atoms with Crippen molar-refractivity contribution in [3.05, 3.63) is 41.7 Å². The first-order chi connectivity index (χ1) is 16.8. The molecular formula is C28H36N4O3. The average molecular weight is 477 g/mol. The second kappa shape index (κ2) is 8.47. The third-order valence-corrected chi connectivity index (χ3v) is 9.03. The maximum absolute atomic E-state index is 13.5. The molecule has 1 aromatic carbocycles. The molecule has 4 bridgehead atoms. The SMILES string of the molecule is CC(C)CCN1C(=O)C(C(=O)Nc2ncc(C34CC5CC(CC(C5)C3)C4)[nH]2)C(O)c2ccccc21. The fourth-order valence-corrected chi connectivity index (χ4v) is 7.75. The van der Waals surface area contributed by atoms with Gasteiger partial charge in [0.25, 0.3) is 0 Å². The van der Waals surface area contributed by atoms with Crippen LogP contribution in [0.4, 0.5) is 11.6 Å². The maximum atomic E-state index is 13.5. The number of aliphatic hydroxyl groups is 1. The van der Waals surface area contributed by atoms with E-state index in [1.54, 1.807) is 11.0 Å². The van der Waals surface area contributed by atoms with Crippen LogP contribution in [-0.2, 0) is 15.0 Å². The fourth-order valence-electron chi connectivity index (χ4n) is 7.75. The summed E-state index contributed by atoms with van der Waals surface area (Å²) in [6, 6.07) is 7.33. The lowest BCUT2D eigenvalue weighted by atomic mass is 9.49. The number of amides is 2. The van der Waals surface area contributed by atoms with Crippen molar-refractivity contribution in [2.45, 2.75) is 70.3 Å². The van der Waals surface area contributed by atoms with Crippen molar-refractivity contribution in [2.75, 3.05) is 16.8 Å². The normalized spacial score (nSPS) is 33.3. The van der Waals surface area contributed by atoms with E-state index < -0.39 is 17.9 Å². The summed E-state index contributed by atoms with van der Waals surface area (Å²) in [4.78, 5) is 36.4. The lowest BCUT2D eigenvalue weighted by Crippen LogP contribution is -2.49. The number of aromatic nitrogens is 2. The Bertz CT molecular complexity index is 1100. The molecule has 0 saturated heterocycles. The number of hydrogen-bond acceptors (Lipinski definition) is 4. The van der Waals surface area contributed by atoms with Gasteiger partial charge in [0, 0.05) is 28.9 Å². The van der Waals surface area contributed by atoms with E-state index in [-0.39, 0.29) is 11.3 Å². The number of nitrogens with zero attached hydrogens (tertiary/aromatic N) is 2. The van der Waals surface area contributed by atoms with Gasteiger partial charge in [-0.05, 0) is 74.7 Å². The molecule has 4 fully saturated rings. The third-order valence-electron chi connectivity index (χ3n) is 9.03. The van der Waals surface area contributed by atoms with Gasteiger partial charge >= 0.3 is 0 Å². The molecule has 3 N–H and O–H groups in total. The molecule has 5 aliphatic rings. The van der Waals surface area contributed by atoms with E-state index in [4.69, 9.17) is 0 Å². The summed E-state index contributed by atoms with van der Waals surface area (Å²) in [5.74, 6) is 1.15. The Kier molecular flexibility index (Phi) is 5.51. The number of hydrogen-bond donors (Lipinski definition) is 3. The van der Waals surface area contributed by atoms with Crippen LogP contribution in [0.1, 0.15) is 76.2 Å². The summed E-state index contributed by atoms with van der Waals surface area (Å²) in [5.41, 5.74) is 2.57. The summed E-state index contributed by atoms with van der Waals surface area (Å²) in [6.07, 6.45) is 9.23. The molecule has 2 atom stereocenters. The first-order valence-electron chi connectivity index (χ1n) is 13.3. The number of carbonyl (C=O) groups is 2. The second-order valence-electron chi connectivity index (χ2n) is 12.0. The monoisotopic (exact) mass is 476 g/mol. The van der Waals surface area contributed by atoms with Crippen LogP contribution in [0, 0.1) is 29.6 Å². The van der Waals surface area contributed by atoms with Gasteiger partial charge in [-0.3, -0.25) is 14.9 Å². The van der Waals surface area contributed by atoms with Gasteiger partial charge in [0.05, 0.1) is 6.20 Å². The molecule has 7 rings (SSSR count). The van der Waals surface area contributed by atoms with Crippen molar-refractivity contribution in [2.24, 2.45) is 29.6 Å². The Morgan fingerprint density at radius 1 is 1.17 bits per heavy atom. The quantitative estimate of drug-likeness (QED) is 0.533. The Labute approximate surface area is 206 Å². The van der Waals surface area contributed by atoms with E-state index in [1.165, 1.54) is 38.5 Å². The molecule has 2 unspecified atom stereocenters. The maximum Gasteiger partial charge on any atom is 0.242 e. The second-order valence-corrected chi connectivity index (χ2v) is 12.0. The fraction of sp³-hybridized carbons (Fsp3) is 0.607. The van der Waals surface area contributed by atoms with Crippen LogP contribution in [0.25, 0.3) is 0 Å². The van der Waals surface area contributed by atoms with Gasteiger partial charge in [0.1, 0.15) is 12.0 Å². The molecule has 0 spiro atoms. The van der Waals surface area contributed by atoms with Crippen molar-refractivity contribution < 1.29 is 14.7 Å². The Morgan fingerprint density at radius 3 is 2.49 bits per heavy atom. The summed E-state index contributed by atoms with van der Waals surface area (Å²) >= 11 is 0. The highest BCUT2D eigenvalue weighted by molar-refractivity contribution is 6.13. The number of aliphatic hydroxyl groups excluding tert-OH is 1. The molecular weight excluding hydrogens is 440 g/mol. The number of H-pyrrole nitrogens is 1. The van der Waals surface area contributed by atoms with E-state index in [9.17, 15) is 14.7 Å². The lowest BCUT2D eigenvalue weighted by molar-refractivity contribution is -0.136. The summed E-state index contributed by atoms with van der Waals surface area (Å²) in [5, 5.41) is 13.9. The number of fused-ring (bicyclic) bond motifs is 1. The minimum absolute atomic E-state index is 0.150. The first-order valence-corrected chi connectivity index (χ1v) is 13.3. The number of para-hydroxylation sites is 1. The number of nitrogens with one attached hydrogen (secondary N) is 2. The van der Waals surface area contributed by atoms with E-state index in [0.29, 0.717) is 29.7 Å². The van der Waals surface area contributed by atoms with Crippen molar-refractivity contribution in [3.63, 3.8) is 0 Å². The highest BCUT2D eigenvalue weighted by Gasteiger charge is 2.52. The van der Waals surface area contributed by atoms with Crippen LogP contribution >= 0.6 is 0 Å². The smallest absolute Gasteiger partial charge is 0.242 e. The lowest BCUT2D eigenvalue weighted by Gasteiger charge is -2.56. The van der Waals surface area contributed by atoms with Crippen molar-refractivity contribution in [1.82, 2.24) is 9.97 Å². The molecule has 4 aliphatic carbocycles. The Balaban J connectivity index is 1.22. The van der Waals surface area contributed by atoms with E-state index >= 15 is 0 Å². The zero-order chi connectivity index (χ0) is 24.3. The average Bonchev–Trinajstić information content (AvgIpc) is 3.27. The van der Waals surface area contributed by atoms with Crippen LogP contribution in [0.5, 0.6) is 0 Å². The molecule has 2 aromatic rings. The Morgan fingerprint density at radius 2 is 1.83 bits per heavy atom. The van der Waals surface area contributed by atoms with Crippen molar-refractivity contribution in [1.29, 1.82) is 0 Å². The molecule has 186 valence electrons. The van der Waals surface area contributed by atoms with E-state index in [0.717, 1.165) is 29.9 Å². The van der Waals surface area contributed by atoms with Crippen LogP contribution in [0.2, 0.25) is 0 Å². The molecule has 2 amide bonds. The predicted molar refractivity (Wildman–Crippen MR) is 134 cm³/mol. The first kappa shape index (κ1) is 22.8. The number of imidazole rings is 1. The van der Waals surface area contributed by atoms with Gasteiger partial charge < -0.3 is 15.0 Å². The van der Waals surface area contributed by atoms with Gasteiger partial charge in [-0.15, -0.1) is 0 Å². The van der Waals surface area contributed by atoms with Crippen LogP contribution < -0.4 is 10.2 Å². The summed E-state index contributed by atoms with van der Waals surface area (Å²) < 4.78 is 0. The number of carbonyl (C=O) groups excluding carboxylic acids is 2. The van der Waals surface area contributed by atoms with Gasteiger partial charge in [-0.1, -0.05) is 32.0 Å². The van der Waals surface area contributed by atoms with Gasteiger partial charge in [0.2, 0.25) is 17.8 Å². The van der Waals surface area contributed by atoms with E-state index in [2.05, 4.69) is 29.1 Å². The van der Waals surface area contributed by atoms with Crippen molar-refractivity contribution in [3.8, 4) is 0 Å². The number of benzene rings is 1. The predicted octanol–water partition coefficient (Wildman–Crippen LogP) is 4.56. The zero-order valence-corrected chi connectivity index (χ0v) is 20.7. The number of aromatic amines is 1. The molecule has 7 heteroatoms. The molecule has 35 heavy (non-hydrogen) atoms. The zero-order valence-electron chi connectivity index (χ0n) is 20.7. The summed E-state index contributed by atoms with van der Waals surface area (Å²) in [6.45, 7) is 4.73. The van der Waals surface area contributed by atoms with Crippen LogP contribution in [0.15, 0.2) is 30.5 Å². The summed E-state index contributed by atoms with van der Waals surface area (Å²) in [7, 11) is 0. The van der Waals surface area contributed by atoms with Gasteiger partial charge in [0.15, 0.2) is 0 Å². The standard InChI is InChI=1S/C28H36N4O3/c1-16(2)7-8-32-21-6-4-3-5-20(21)24(33)23(26(32)35)25(34)31-27-29-15-22(30-27)28-12-17-9-18(13-28)11-19(10-17)14-28/h3-6,15-19,23-24,33H,7-14H2,1-2H3,(H2,29,30,31,34). The van der Waals surface area contributed by atoms with Crippen LogP contribution in [-0.4, -0.2) is 33.4 Å². The highest BCUT2D eigenvalue weighted by atomic mass is 16.3. The van der Waals surface area contributed by atoms with Crippen molar-refractivity contribution >= 4 is 23.5 Å². The minimum Gasteiger partial charge on any atom is -0.387 e. The third kappa shape index (κ3) is 3.88. The minimum atomic E-state index is -1.20. The number of anilines is 2. The molecule has 1 aliphatic heterocycles. The molecule has 0 radical (unpaired) electrons. The van der Waals surface area contributed by atoms with E-state index in [1.807, 2.05) is 24.4 Å². The molecule has 7 nitrogen and oxygen atoms in total. The molecule has 4 saturated carbocycles. The molecule has 1 aromatic heterocycles. The Hall–Kier alpha value is -2.67. The highest BCUT2D eigenvalue weighted by Crippen LogP contribution is 2.60. The van der Waals surface area contributed by atoms with Crippen LogP contribution in [0.3, 0.4) is 0 Å². The molecule has 2 heterocycles. The van der Waals surface area contributed by atoms with Gasteiger partial charge in [-0.2, -0.15) is 0 Å². The largest absolute Gasteiger partial charge is 0.387 e. The topological polar surface area (TPSA) is 98.3 Å².